The van der Waals surface area contributed by atoms with Crippen LogP contribution in [0.25, 0.3) is 10.9 Å². The number of benzene rings is 2. The second-order valence-electron chi connectivity index (χ2n) is 12.9. The molecular weight excluding hydrogens is 514 g/mol. The van der Waals surface area contributed by atoms with Gasteiger partial charge in [-0.2, -0.15) is 0 Å². The molecule has 2 amide bonds. The van der Waals surface area contributed by atoms with E-state index in [2.05, 4.69) is 68.6 Å². The van der Waals surface area contributed by atoms with Crippen LogP contribution in [-0.2, 0) is 16.0 Å². The number of aryl methyl sites for hydroxylation is 1. The quantitative estimate of drug-likeness (QED) is 0.433. The first kappa shape index (κ1) is 27.5. The smallest absolute Gasteiger partial charge is 0.410 e. The lowest BCUT2D eigenvalue weighted by Gasteiger charge is -2.46. The van der Waals surface area contributed by atoms with Crippen molar-refractivity contribution in [3.05, 3.63) is 60.3 Å². The van der Waals surface area contributed by atoms with Crippen LogP contribution in [0.3, 0.4) is 0 Å². The largest absolute Gasteiger partial charge is 0.444 e. The lowest BCUT2D eigenvalue weighted by atomic mass is 9.90. The number of fused-ring (bicyclic) bond motifs is 2. The molecule has 2 unspecified atom stereocenters. The number of hydrogen-bond donors (Lipinski definition) is 2. The molecule has 0 aliphatic carbocycles. The maximum atomic E-state index is 14.1. The number of rotatable bonds is 4. The Morgan fingerprint density at radius 1 is 0.951 bits per heavy atom. The molecule has 8 nitrogen and oxygen atoms in total. The van der Waals surface area contributed by atoms with Gasteiger partial charge in [0.2, 0.25) is 5.91 Å². The Kier molecular flexibility index (Phi) is 7.58. The van der Waals surface area contributed by atoms with Gasteiger partial charge in [0.05, 0.1) is 6.04 Å². The molecular formula is C33H43N5O3. The summed E-state index contributed by atoms with van der Waals surface area (Å²) in [4.78, 5) is 36.4. The maximum absolute atomic E-state index is 14.1. The fraction of sp³-hybridized carbons (Fsp3) is 0.515. The average molecular weight is 558 g/mol. The highest BCUT2D eigenvalue weighted by molar-refractivity contribution is 5.92. The van der Waals surface area contributed by atoms with E-state index in [9.17, 15) is 9.59 Å². The first-order valence-electron chi connectivity index (χ1n) is 15.2. The number of para-hydroxylation sites is 1. The number of nitrogens with one attached hydrogen (secondary N) is 2. The fourth-order valence-electron chi connectivity index (χ4n) is 6.79. The minimum absolute atomic E-state index is 0.0594. The van der Waals surface area contributed by atoms with Crippen molar-refractivity contribution in [1.29, 1.82) is 0 Å². The van der Waals surface area contributed by atoms with Crippen LogP contribution in [0.15, 0.2) is 54.7 Å². The van der Waals surface area contributed by atoms with Gasteiger partial charge in [0, 0.05) is 73.2 Å². The number of amides is 2. The molecule has 6 rings (SSSR count). The summed E-state index contributed by atoms with van der Waals surface area (Å²) in [6.45, 7) is 9.11. The molecule has 3 aromatic rings. The van der Waals surface area contributed by atoms with E-state index in [0.29, 0.717) is 38.5 Å². The molecule has 2 N–H and O–H groups in total. The molecule has 2 atom stereocenters. The number of nitrogens with zero attached hydrogens (tertiary/aromatic N) is 3. The van der Waals surface area contributed by atoms with Gasteiger partial charge in [-0.1, -0.05) is 24.3 Å². The van der Waals surface area contributed by atoms with E-state index >= 15 is 0 Å². The van der Waals surface area contributed by atoms with Crippen LogP contribution in [-0.4, -0.2) is 77.2 Å². The standard InChI is InChI=1S/C33H43N5O3/c1-33(2,3)41-32(40)36-17-14-24(15-18-36)31(39)38-20-19-37(30-10-6-9-29-27(30)13-16-34-29)22-26(38)21-25-12-11-23-7-4-5-8-28(23)35-25/h4-10,13,16,24-26,34-35H,11-12,14-15,17-22H2,1-3H3. The molecule has 41 heavy (non-hydrogen) atoms. The lowest BCUT2D eigenvalue weighted by Crippen LogP contribution is -2.58. The highest BCUT2D eigenvalue weighted by Crippen LogP contribution is 2.33. The van der Waals surface area contributed by atoms with Crippen molar-refractivity contribution in [2.75, 3.05) is 42.9 Å². The highest BCUT2D eigenvalue weighted by Gasteiger charge is 2.38. The first-order chi connectivity index (χ1) is 19.7. The van der Waals surface area contributed by atoms with E-state index < -0.39 is 5.60 Å². The molecule has 2 fully saturated rings. The second-order valence-corrected chi connectivity index (χ2v) is 12.9. The molecule has 1 aromatic heterocycles. The predicted octanol–water partition coefficient (Wildman–Crippen LogP) is 5.65. The van der Waals surface area contributed by atoms with Gasteiger partial charge in [-0.05, 0) is 82.7 Å². The zero-order valence-electron chi connectivity index (χ0n) is 24.6. The third-order valence-electron chi connectivity index (χ3n) is 8.87. The minimum Gasteiger partial charge on any atom is -0.444 e. The van der Waals surface area contributed by atoms with Crippen LogP contribution >= 0.6 is 0 Å². The summed E-state index contributed by atoms with van der Waals surface area (Å²) in [5.41, 5.74) is 4.45. The van der Waals surface area contributed by atoms with E-state index in [1.54, 1.807) is 4.90 Å². The summed E-state index contributed by atoms with van der Waals surface area (Å²) in [5, 5.41) is 5.01. The molecule has 218 valence electrons. The summed E-state index contributed by atoms with van der Waals surface area (Å²) in [5.74, 6) is 0.186. The van der Waals surface area contributed by atoms with Crippen molar-refractivity contribution < 1.29 is 14.3 Å². The summed E-state index contributed by atoms with van der Waals surface area (Å²) >= 11 is 0. The maximum Gasteiger partial charge on any atom is 0.410 e. The third kappa shape index (κ3) is 6.02. The van der Waals surface area contributed by atoms with Gasteiger partial charge in [-0.15, -0.1) is 0 Å². The van der Waals surface area contributed by atoms with Gasteiger partial charge in [-0.25, -0.2) is 4.79 Å². The Balaban J connectivity index is 1.17. The highest BCUT2D eigenvalue weighted by atomic mass is 16.6. The van der Waals surface area contributed by atoms with Crippen LogP contribution in [0.2, 0.25) is 0 Å². The topological polar surface area (TPSA) is 80.9 Å². The monoisotopic (exact) mass is 557 g/mol. The van der Waals surface area contributed by atoms with Crippen LogP contribution < -0.4 is 10.2 Å². The minimum atomic E-state index is -0.519. The Labute approximate surface area is 243 Å². The number of aromatic nitrogens is 1. The molecule has 0 spiro atoms. The second kappa shape index (κ2) is 11.3. The number of carbonyl (C=O) groups excluding carboxylic acids is 2. The lowest BCUT2D eigenvalue weighted by molar-refractivity contribution is -0.140. The van der Waals surface area contributed by atoms with Crippen molar-refractivity contribution in [2.45, 2.75) is 70.6 Å². The number of piperazine rings is 1. The van der Waals surface area contributed by atoms with Gasteiger partial charge in [0.25, 0.3) is 0 Å². The number of anilines is 2. The van der Waals surface area contributed by atoms with Gasteiger partial charge < -0.3 is 29.7 Å². The van der Waals surface area contributed by atoms with E-state index in [-0.39, 0.29) is 24.0 Å². The Bertz CT molecular complexity index is 1390. The van der Waals surface area contributed by atoms with Crippen LogP contribution in [0.4, 0.5) is 16.2 Å². The normalized spacial score (nSPS) is 21.9. The molecule has 3 aliphatic heterocycles. The number of likely N-dealkylation sites (tertiary alicyclic amines) is 1. The summed E-state index contributed by atoms with van der Waals surface area (Å²) in [6, 6.07) is 17.6. The van der Waals surface area contributed by atoms with Crippen molar-refractivity contribution in [3.8, 4) is 0 Å². The summed E-state index contributed by atoms with van der Waals surface area (Å²) in [7, 11) is 0. The van der Waals surface area contributed by atoms with Gasteiger partial charge in [0.1, 0.15) is 5.60 Å². The number of piperidine rings is 1. The molecule has 0 saturated carbocycles. The molecule has 2 saturated heterocycles. The molecule has 2 aromatic carbocycles. The molecule has 4 heterocycles. The zero-order chi connectivity index (χ0) is 28.6. The van der Waals surface area contributed by atoms with Crippen molar-refractivity contribution in [2.24, 2.45) is 5.92 Å². The third-order valence-corrected chi connectivity index (χ3v) is 8.87. The number of H-pyrrole nitrogens is 1. The van der Waals surface area contributed by atoms with Crippen LogP contribution in [0, 0.1) is 5.92 Å². The van der Waals surface area contributed by atoms with E-state index in [0.717, 1.165) is 37.9 Å². The number of hydrogen-bond acceptors (Lipinski definition) is 5. The van der Waals surface area contributed by atoms with Gasteiger partial charge in [-0.3, -0.25) is 4.79 Å². The predicted molar refractivity (Wildman–Crippen MR) is 163 cm³/mol. The van der Waals surface area contributed by atoms with Crippen molar-refractivity contribution in [3.63, 3.8) is 0 Å². The molecule has 3 aliphatic rings. The van der Waals surface area contributed by atoms with E-state index in [1.807, 2.05) is 27.0 Å². The fourth-order valence-corrected chi connectivity index (χ4v) is 6.79. The Morgan fingerprint density at radius 3 is 2.56 bits per heavy atom. The molecule has 8 heteroatoms. The molecule has 0 radical (unpaired) electrons. The SMILES string of the molecule is CC(C)(C)OC(=O)N1CCC(C(=O)N2CCN(c3cccc4[nH]ccc34)CC2CC2CCc3ccccc3N2)CC1. The van der Waals surface area contributed by atoms with Crippen molar-refractivity contribution >= 4 is 34.3 Å². The Morgan fingerprint density at radius 2 is 1.76 bits per heavy atom. The van der Waals surface area contributed by atoms with E-state index in [4.69, 9.17) is 4.74 Å². The van der Waals surface area contributed by atoms with Crippen LogP contribution in [0.1, 0.15) is 52.0 Å². The van der Waals surface area contributed by atoms with Gasteiger partial charge >= 0.3 is 6.09 Å². The first-order valence-corrected chi connectivity index (χ1v) is 15.2. The van der Waals surface area contributed by atoms with Crippen molar-refractivity contribution in [1.82, 2.24) is 14.8 Å². The van der Waals surface area contributed by atoms with E-state index in [1.165, 1.54) is 22.3 Å². The number of ether oxygens (including phenoxy) is 1. The zero-order valence-corrected chi connectivity index (χ0v) is 24.6. The van der Waals surface area contributed by atoms with Crippen LogP contribution in [0.5, 0.6) is 0 Å². The Hall–Kier alpha value is -3.68. The molecule has 0 bridgehead atoms. The number of carbonyl (C=O) groups is 2. The summed E-state index contributed by atoms with van der Waals surface area (Å²) < 4.78 is 5.57. The average Bonchev–Trinajstić information content (AvgIpc) is 3.45. The number of aromatic amines is 1. The van der Waals surface area contributed by atoms with Gasteiger partial charge in [0.15, 0.2) is 0 Å². The summed E-state index contributed by atoms with van der Waals surface area (Å²) in [6.07, 6.45) is 6.12.